The number of imidazole rings is 1. The van der Waals surface area contributed by atoms with Gasteiger partial charge in [0.15, 0.2) is 0 Å². The molecule has 0 fully saturated rings. The molecule has 3 aromatic rings. The van der Waals surface area contributed by atoms with E-state index < -0.39 is 0 Å². The van der Waals surface area contributed by atoms with Gasteiger partial charge in [-0.3, -0.25) is 4.98 Å². The molecular weight excluding hydrogens is 316 g/mol. The summed E-state index contributed by atoms with van der Waals surface area (Å²) in [5, 5.41) is 1.02. The summed E-state index contributed by atoms with van der Waals surface area (Å²) in [6, 6.07) is 7.83. The van der Waals surface area contributed by atoms with E-state index in [9.17, 15) is 0 Å². The minimum atomic E-state index is 0.403. The predicted molar refractivity (Wildman–Crippen MR) is 83.9 cm³/mol. The molecule has 1 aromatic carbocycles. The fraction of sp³-hybridized carbons (Fsp3) is 0.0667. The van der Waals surface area contributed by atoms with Gasteiger partial charge in [-0.25, -0.2) is 4.98 Å². The maximum atomic E-state index is 6.12. The molecule has 4 nitrogen and oxygen atoms in total. The van der Waals surface area contributed by atoms with Gasteiger partial charge in [0.2, 0.25) is 0 Å². The van der Waals surface area contributed by atoms with Gasteiger partial charge in [-0.15, -0.1) is 6.42 Å². The van der Waals surface area contributed by atoms with E-state index in [1.54, 1.807) is 17.1 Å². The van der Waals surface area contributed by atoms with Crippen molar-refractivity contribution >= 4 is 32.7 Å². The highest BCUT2D eigenvalue weighted by molar-refractivity contribution is 9.10. The maximum Gasteiger partial charge on any atom is 0.132 e. The zero-order valence-electron chi connectivity index (χ0n) is 10.5. The molecule has 5 heteroatoms. The van der Waals surface area contributed by atoms with Crippen molar-refractivity contribution < 1.29 is 0 Å². The van der Waals surface area contributed by atoms with Crippen molar-refractivity contribution in [3.8, 4) is 23.6 Å². The Labute approximate surface area is 124 Å². The Kier molecular flexibility index (Phi) is 3.17. The summed E-state index contributed by atoms with van der Waals surface area (Å²) in [5.74, 6) is 3.11. The molecule has 2 heterocycles. The monoisotopic (exact) mass is 326 g/mol. The van der Waals surface area contributed by atoms with E-state index in [-0.39, 0.29) is 0 Å². The van der Waals surface area contributed by atoms with E-state index in [4.69, 9.17) is 12.2 Å². The van der Waals surface area contributed by atoms with Crippen LogP contribution in [0.4, 0.5) is 5.82 Å². The van der Waals surface area contributed by atoms with E-state index in [1.165, 1.54) is 0 Å². The van der Waals surface area contributed by atoms with Crippen LogP contribution in [-0.4, -0.2) is 14.5 Å². The number of hydrogen-bond donors (Lipinski definition) is 1. The van der Waals surface area contributed by atoms with Gasteiger partial charge in [-0.05, 0) is 18.2 Å². The van der Waals surface area contributed by atoms with Gasteiger partial charge >= 0.3 is 0 Å². The van der Waals surface area contributed by atoms with Crippen LogP contribution in [0.15, 0.2) is 41.3 Å². The van der Waals surface area contributed by atoms with Crippen molar-refractivity contribution in [2.24, 2.45) is 0 Å². The second kappa shape index (κ2) is 4.99. The summed E-state index contributed by atoms with van der Waals surface area (Å²) < 4.78 is 2.73. The third kappa shape index (κ3) is 1.95. The number of nitrogens with zero attached hydrogens (tertiary/aromatic N) is 3. The fourth-order valence-electron chi connectivity index (χ4n) is 2.15. The average Bonchev–Trinajstić information content (AvgIpc) is 2.82. The molecule has 0 amide bonds. The van der Waals surface area contributed by atoms with Crippen LogP contribution in [0.1, 0.15) is 0 Å². The Bertz CT molecular complexity index is 829. The minimum Gasteiger partial charge on any atom is -0.383 e. The van der Waals surface area contributed by atoms with Crippen LogP contribution < -0.4 is 5.73 Å². The molecule has 3 rings (SSSR count). The molecule has 0 bridgehead atoms. The third-order valence-electron chi connectivity index (χ3n) is 3.11. The molecule has 2 N–H and O–H groups in total. The molecule has 20 heavy (non-hydrogen) atoms. The van der Waals surface area contributed by atoms with Gasteiger partial charge < -0.3 is 10.3 Å². The van der Waals surface area contributed by atoms with Gasteiger partial charge in [0.05, 0.1) is 18.4 Å². The van der Waals surface area contributed by atoms with E-state index in [0.717, 1.165) is 20.9 Å². The lowest BCUT2D eigenvalue weighted by Gasteiger charge is -2.07. The van der Waals surface area contributed by atoms with E-state index in [1.807, 2.05) is 24.3 Å². The Morgan fingerprint density at radius 3 is 2.95 bits per heavy atom. The van der Waals surface area contributed by atoms with Crippen LogP contribution in [0.2, 0.25) is 0 Å². The molecule has 0 atom stereocenters. The summed E-state index contributed by atoms with van der Waals surface area (Å²) in [4.78, 5) is 8.81. The van der Waals surface area contributed by atoms with Gasteiger partial charge in [-0.2, -0.15) is 0 Å². The van der Waals surface area contributed by atoms with E-state index in [0.29, 0.717) is 18.1 Å². The molecular formula is C15H11BrN4. The number of halogens is 1. The first kappa shape index (κ1) is 12.7. The van der Waals surface area contributed by atoms with Crippen LogP contribution in [0, 0.1) is 12.3 Å². The van der Waals surface area contributed by atoms with Crippen molar-refractivity contribution in [2.75, 3.05) is 5.73 Å². The highest BCUT2D eigenvalue weighted by Gasteiger charge is 2.14. The lowest BCUT2D eigenvalue weighted by atomic mass is 10.1. The minimum absolute atomic E-state index is 0.403. The van der Waals surface area contributed by atoms with Gasteiger partial charge in [-0.1, -0.05) is 27.9 Å². The number of nitrogens with two attached hydrogens (primary N) is 1. The number of pyridine rings is 1. The van der Waals surface area contributed by atoms with Crippen molar-refractivity contribution in [2.45, 2.75) is 6.54 Å². The zero-order chi connectivity index (χ0) is 14.1. The number of aromatic nitrogens is 3. The number of nitrogen functional groups attached to an aromatic ring is 1. The number of benzene rings is 1. The fourth-order valence-corrected chi connectivity index (χ4v) is 2.60. The van der Waals surface area contributed by atoms with Crippen LogP contribution >= 0.6 is 15.9 Å². The standard InChI is InChI=1S/C15H11BrN4/c1-2-8-20-9-19-14(15(20)17)11-5-6-12(16)10-4-3-7-18-13(10)11/h1,3-7,9H,8,17H2. The highest BCUT2D eigenvalue weighted by Crippen LogP contribution is 2.33. The average molecular weight is 327 g/mol. The number of terminal acetylenes is 1. The summed E-state index contributed by atoms with van der Waals surface area (Å²) in [6.45, 7) is 0.403. The molecule has 98 valence electrons. The molecule has 2 aromatic heterocycles. The molecule has 0 saturated heterocycles. The maximum absolute atomic E-state index is 6.12. The number of rotatable bonds is 2. The first-order valence-electron chi connectivity index (χ1n) is 6.00. The van der Waals surface area contributed by atoms with E-state index >= 15 is 0 Å². The van der Waals surface area contributed by atoms with Crippen molar-refractivity contribution in [1.82, 2.24) is 14.5 Å². The Balaban J connectivity index is 2.26. The zero-order valence-corrected chi connectivity index (χ0v) is 12.1. The summed E-state index contributed by atoms with van der Waals surface area (Å²) in [5.41, 5.74) is 8.58. The lowest BCUT2D eigenvalue weighted by Crippen LogP contribution is -2.00. The Morgan fingerprint density at radius 2 is 2.15 bits per heavy atom. The van der Waals surface area contributed by atoms with Gasteiger partial charge in [0, 0.05) is 21.6 Å². The first-order chi connectivity index (χ1) is 9.72. The Hall–Kier alpha value is -2.32. The summed E-state index contributed by atoms with van der Waals surface area (Å²) in [7, 11) is 0. The molecule has 0 saturated carbocycles. The predicted octanol–water partition coefficient (Wildman–Crippen LogP) is 3.08. The molecule has 0 spiro atoms. The van der Waals surface area contributed by atoms with Crippen LogP contribution in [0.3, 0.4) is 0 Å². The molecule has 0 aliphatic carbocycles. The van der Waals surface area contributed by atoms with Crippen molar-refractivity contribution in [1.29, 1.82) is 0 Å². The molecule has 0 aliphatic heterocycles. The molecule has 0 unspecified atom stereocenters. The molecule has 0 aliphatic rings. The van der Waals surface area contributed by atoms with Gasteiger partial charge in [0.25, 0.3) is 0 Å². The van der Waals surface area contributed by atoms with Crippen molar-refractivity contribution in [3.63, 3.8) is 0 Å². The van der Waals surface area contributed by atoms with Crippen LogP contribution in [0.5, 0.6) is 0 Å². The first-order valence-corrected chi connectivity index (χ1v) is 6.79. The molecule has 0 radical (unpaired) electrons. The second-order valence-electron chi connectivity index (χ2n) is 4.30. The SMILES string of the molecule is C#CCn1cnc(-c2ccc(Br)c3cccnc23)c1N. The third-order valence-corrected chi connectivity index (χ3v) is 3.80. The van der Waals surface area contributed by atoms with Crippen LogP contribution in [0.25, 0.3) is 22.2 Å². The van der Waals surface area contributed by atoms with Gasteiger partial charge in [0.1, 0.15) is 11.5 Å². The smallest absolute Gasteiger partial charge is 0.132 e. The number of anilines is 1. The highest BCUT2D eigenvalue weighted by atomic mass is 79.9. The summed E-state index contributed by atoms with van der Waals surface area (Å²) >= 11 is 3.53. The number of hydrogen-bond acceptors (Lipinski definition) is 3. The normalized spacial score (nSPS) is 10.6. The van der Waals surface area contributed by atoms with E-state index in [2.05, 4.69) is 31.8 Å². The van der Waals surface area contributed by atoms with Crippen LogP contribution in [-0.2, 0) is 6.54 Å². The Morgan fingerprint density at radius 1 is 1.30 bits per heavy atom. The topological polar surface area (TPSA) is 56.7 Å². The largest absolute Gasteiger partial charge is 0.383 e. The lowest BCUT2D eigenvalue weighted by molar-refractivity contribution is 0.852. The summed E-state index contributed by atoms with van der Waals surface area (Å²) in [6.07, 6.45) is 8.73. The van der Waals surface area contributed by atoms with Crippen molar-refractivity contribution in [3.05, 3.63) is 41.3 Å². The quantitative estimate of drug-likeness (QED) is 0.736. The number of fused-ring (bicyclic) bond motifs is 1. The second-order valence-corrected chi connectivity index (χ2v) is 5.16.